The zero-order chi connectivity index (χ0) is 9.50. The smallest absolute Gasteiger partial charge is 0.227 e. The van der Waals surface area contributed by atoms with Crippen molar-refractivity contribution in [2.45, 2.75) is 12.6 Å². The summed E-state index contributed by atoms with van der Waals surface area (Å²) in [6.45, 7) is 0. The van der Waals surface area contributed by atoms with E-state index < -0.39 is 12.6 Å². The molecule has 0 bridgehead atoms. The standard InChI is InChI=1S/C3H2Cl7N/c4-1(5,2(6,7)8)3(9,10)11/h11H2. The largest absolute Gasteiger partial charge is 0.297 e. The number of nitrogens with two attached hydrogens (primary N) is 1. The molecule has 0 amide bonds. The predicted molar refractivity (Wildman–Crippen MR) is 53.4 cm³/mol. The molecular weight excluding hydrogens is 298 g/mol. The number of rotatable bonds is 1. The average Bonchev–Trinajstić information content (AvgIpc) is 1.58. The number of hydrogen-bond acceptors (Lipinski definition) is 1. The highest BCUT2D eigenvalue weighted by atomic mass is 35.6. The van der Waals surface area contributed by atoms with E-state index >= 15 is 0 Å². The lowest BCUT2D eigenvalue weighted by molar-refractivity contribution is 0.687. The maximum Gasteiger partial charge on any atom is 0.227 e. The minimum absolute atomic E-state index is 2.04. The van der Waals surface area contributed by atoms with E-state index in [1.54, 1.807) is 0 Å². The van der Waals surface area contributed by atoms with Crippen LogP contribution in [0.2, 0.25) is 0 Å². The lowest BCUT2D eigenvalue weighted by atomic mass is 10.4. The van der Waals surface area contributed by atoms with Crippen molar-refractivity contribution in [3.05, 3.63) is 0 Å². The molecule has 0 aromatic carbocycles. The fraction of sp³-hybridized carbons (Fsp3) is 1.00. The molecule has 0 fully saturated rings. The third-order valence-electron chi connectivity index (χ3n) is 0.775. The predicted octanol–water partition coefficient (Wildman–Crippen LogP) is 3.62. The van der Waals surface area contributed by atoms with E-state index in [0.717, 1.165) is 0 Å². The van der Waals surface area contributed by atoms with E-state index in [0.29, 0.717) is 0 Å². The first-order valence-electron chi connectivity index (χ1n) is 2.11. The van der Waals surface area contributed by atoms with Gasteiger partial charge in [0.1, 0.15) is 0 Å². The summed E-state index contributed by atoms with van der Waals surface area (Å²) in [6, 6.07) is 0. The molecule has 0 aliphatic heterocycles. The van der Waals surface area contributed by atoms with Crippen molar-refractivity contribution >= 4 is 81.2 Å². The summed E-state index contributed by atoms with van der Waals surface area (Å²) in [5.41, 5.74) is 5.11. The molecule has 0 spiro atoms. The molecule has 0 heterocycles. The first-order valence-corrected chi connectivity index (χ1v) is 4.76. The topological polar surface area (TPSA) is 26.0 Å². The van der Waals surface area contributed by atoms with Gasteiger partial charge >= 0.3 is 0 Å². The van der Waals surface area contributed by atoms with Crippen molar-refractivity contribution in [2.75, 3.05) is 0 Å². The summed E-state index contributed by atoms with van der Waals surface area (Å²) in [7, 11) is 0. The van der Waals surface area contributed by atoms with Gasteiger partial charge in [0.15, 0.2) is 0 Å². The molecule has 0 aromatic rings. The van der Waals surface area contributed by atoms with Crippen LogP contribution in [0.1, 0.15) is 0 Å². The molecule has 68 valence electrons. The monoisotopic (exact) mass is 297 g/mol. The summed E-state index contributed by atoms with van der Waals surface area (Å²) in [6.07, 6.45) is 0. The Morgan fingerprint density at radius 3 is 1.00 bits per heavy atom. The Morgan fingerprint density at radius 2 is 1.00 bits per heavy atom. The fourth-order valence-corrected chi connectivity index (χ4v) is 1.21. The van der Waals surface area contributed by atoms with E-state index in [9.17, 15) is 0 Å². The molecule has 0 radical (unpaired) electrons. The van der Waals surface area contributed by atoms with Gasteiger partial charge in [-0.25, -0.2) is 0 Å². The highest BCUT2D eigenvalue weighted by Crippen LogP contribution is 2.53. The van der Waals surface area contributed by atoms with Gasteiger partial charge in [-0.1, -0.05) is 81.2 Å². The van der Waals surface area contributed by atoms with Crippen LogP contribution in [0.5, 0.6) is 0 Å². The molecular formula is C3H2Cl7N. The van der Waals surface area contributed by atoms with Crippen molar-refractivity contribution in [2.24, 2.45) is 5.73 Å². The van der Waals surface area contributed by atoms with Crippen molar-refractivity contribution in [1.29, 1.82) is 0 Å². The van der Waals surface area contributed by atoms with Crippen LogP contribution in [-0.4, -0.2) is 12.6 Å². The van der Waals surface area contributed by atoms with Gasteiger partial charge < -0.3 is 0 Å². The Kier molecular flexibility index (Phi) is 4.28. The zero-order valence-corrected chi connectivity index (χ0v) is 10.0. The van der Waals surface area contributed by atoms with E-state index in [1.807, 2.05) is 0 Å². The van der Waals surface area contributed by atoms with E-state index in [-0.39, 0.29) is 0 Å². The Balaban J connectivity index is 4.75. The lowest BCUT2D eigenvalue weighted by Gasteiger charge is -2.34. The van der Waals surface area contributed by atoms with Crippen LogP contribution < -0.4 is 5.73 Å². The van der Waals surface area contributed by atoms with Gasteiger partial charge in [0.05, 0.1) is 0 Å². The maximum atomic E-state index is 5.47. The molecule has 0 atom stereocenters. The van der Waals surface area contributed by atoms with Gasteiger partial charge in [-0.3, -0.25) is 5.73 Å². The fourth-order valence-electron chi connectivity index (χ4n) is 0.189. The quantitative estimate of drug-likeness (QED) is 0.581. The van der Waals surface area contributed by atoms with Gasteiger partial charge in [-0.05, 0) is 0 Å². The van der Waals surface area contributed by atoms with Crippen LogP contribution in [-0.2, 0) is 0 Å². The van der Waals surface area contributed by atoms with Gasteiger partial charge in [0.25, 0.3) is 0 Å². The Labute approximate surface area is 98.9 Å². The molecule has 1 nitrogen and oxygen atoms in total. The average molecular weight is 300 g/mol. The molecule has 0 aromatic heterocycles. The van der Waals surface area contributed by atoms with E-state index in [4.69, 9.17) is 86.9 Å². The number of alkyl halides is 7. The second-order valence-corrected chi connectivity index (χ2v) is 6.69. The van der Waals surface area contributed by atoms with E-state index in [1.165, 1.54) is 0 Å². The van der Waals surface area contributed by atoms with Crippen LogP contribution in [0.3, 0.4) is 0 Å². The van der Waals surface area contributed by atoms with Crippen molar-refractivity contribution in [3.63, 3.8) is 0 Å². The van der Waals surface area contributed by atoms with Crippen molar-refractivity contribution < 1.29 is 0 Å². The molecule has 11 heavy (non-hydrogen) atoms. The van der Waals surface area contributed by atoms with Gasteiger partial charge in [0.2, 0.25) is 12.6 Å². The Hall–Kier alpha value is 1.99. The summed E-state index contributed by atoms with van der Waals surface area (Å²) in [5.74, 6) is 0. The lowest BCUT2D eigenvalue weighted by Crippen LogP contribution is -2.52. The third kappa shape index (κ3) is 2.99. The summed E-state index contributed by atoms with van der Waals surface area (Å²) >= 11 is 37.6. The third-order valence-corrected chi connectivity index (χ3v) is 4.32. The second kappa shape index (κ2) is 3.62. The SMILES string of the molecule is NC(Cl)(Cl)C(Cl)(Cl)C(Cl)(Cl)Cl. The molecule has 0 aliphatic carbocycles. The first kappa shape index (κ1) is 13.0. The Morgan fingerprint density at radius 1 is 0.727 bits per heavy atom. The van der Waals surface area contributed by atoms with Gasteiger partial charge in [-0.2, -0.15) is 0 Å². The molecule has 0 saturated heterocycles. The molecule has 0 unspecified atom stereocenters. The normalized spacial score (nSPS) is 15.3. The number of halogens is 7. The highest BCUT2D eigenvalue weighted by molar-refractivity contribution is 6.78. The molecule has 0 saturated carbocycles. The van der Waals surface area contributed by atoms with Crippen molar-refractivity contribution in [1.82, 2.24) is 0 Å². The summed E-state index contributed by atoms with van der Waals surface area (Å²) < 4.78 is -6.18. The van der Waals surface area contributed by atoms with Crippen LogP contribution in [0.4, 0.5) is 0 Å². The van der Waals surface area contributed by atoms with Crippen molar-refractivity contribution in [3.8, 4) is 0 Å². The highest BCUT2D eigenvalue weighted by Gasteiger charge is 2.58. The first-order chi connectivity index (χ1) is 4.50. The number of hydrogen-bond donors (Lipinski definition) is 1. The molecule has 8 heteroatoms. The summed E-state index contributed by atoms with van der Waals surface area (Å²) in [4.78, 5) is 0. The maximum absolute atomic E-state index is 5.47. The van der Waals surface area contributed by atoms with Crippen LogP contribution in [0.25, 0.3) is 0 Å². The summed E-state index contributed by atoms with van der Waals surface area (Å²) in [5, 5.41) is 0. The molecule has 0 rings (SSSR count). The van der Waals surface area contributed by atoms with Gasteiger partial charge in [0, 0.05) is 0 Å². The second-order valence-electron chi connectivity index (χ2n) is 1.70. The Bertz CT molecular complexity index is 125. The molecule has 0 aliphatic rings. The van der Waals surface area contributed by atoms with Crippen LogP contribution in [0.15, 0.2) is 0 Å². The van der Waals surface area contributed by atoms with Crippen LogP contribution >= 0.6 is 81.2 Å². The minimum Gasteiger partial charge on any atom is -0.297 e. The van der Waals surface area contributed by atoms with Gasteiger partial charge in [-0.15, -0.1) is 0 Å². The zero-order valence-electron chi connectivity index (χ0n) is 4.72. The van der Waals surface area contributed by atoms with Crippen LogP contribution in [0, 0.1) is 0 Å². The van der Waals surface area contributed by atoms with E-state index in [2.05, 4.69) is 0 Å². The molecule has 2 N–H and O–H groups in total. The minimum atomic E-state index is -2.08.